The Morgan fingerprint density at radius 3 is 2.93 bits per heavy atom. The van der Waals surface area contributed by atoms with E-state index in [0.717, 1.165) is 0 Å². The van der Waals surface area contributed by atoms with Crippen LogP contribution in [-0.2, 0) is 9.53 Å². The number of halogens is 1. The average molecular weight is 207 g/mol. The molecule has 1 aromatic rings. The van der Waals surface area contributed by atoms with Crippen molar-refractivity contribution in [2.24, 2.45) is 0 Å². The van der Waals surface area contributed by atoms with Crippen LogP contribution in [0.5, 0.6) is 0 Å². The summed E-state index contributed by atoms with van der Waals surface area (Å²) >= 11 is 0. The van der Waals surface area contributed by atoms with Crippen LogP contribution in [0.3, 0.4) is 0 Å². The van der Waals surface area contributed by atoms with Gasteiger partial charge in [0.2, 0.25) is 5.95 Å². The van der Waals surface area contributed by atoms with Gasteiger partial charge in [-0.15, -0.1) is 0 Å². The molecule has 0 aliphatic carbocycles. The minimum Gasteiger partial charge on any atom is -0.468 e. The van der Waals surface area contributed by atoms with E-state index in [9.17, 15) is 9.18 Å². The first-order valence-electron chi connectivity index (χ1n) is 4.32. The highest BCUT2D eigenvalue weighted by molar-refractivity contribution is 5.72. The number of carbonyl (C=O) groups is 1. The van der Waals surface area contributed by atoms with Crippen molar-refractivity contribution in [2.75, 3.05) is 7.11 Å². The summed E-state index contributed by atoms with van der Waals surface area (Å²) in [5.74, 6) is 4.42. The smallest absolute Gasteiger partial charge is 0.317 e. The zero-order valence-corrected chi connectivity index (χ0v) is 8.50. The fourth-order valence-electron chi connectivity index (χ4n) is 0.946. The zero-order valence-electron chi connectivity index (χ0n) is 8.50. The molecule has 0 N–H and O–H groups in total. The lowest BCUT2D eigenvalue weighted by Gasteiger charge is -1.95. The zero-order chi connectivity index (χ0) is 11.3. The summed E-state index contributed by atoms with van der Waals surface area (Å²) in [6, 6.07) is 2.76. The van der Waals surface area contributed by atoms with Crippen LogP contribution in [0.2, 0.25) is 0 Å². The second-order valence-corrected chi connectivity index (χ2v) is 2.82. The molecule has 0 spiro atoms. The lowest BCUT2D eigenvalue weighted by molar-refractivity contribution is -0.139. The van der Waals surface area contributed by atoms with Crippen LogP contribution in [0.25, 0.3) is 0 Å². The Labute approximate surface area is 87.3 Å². The Balaban J connectivity index is 2.76. The van der Waals surface area contributed by atoms with E-state index in [1.807, 2.05) is 0 Å². The van der Waals surface area contributed by atoms with Crippen molar-refractivity contribution >= 4 is 5.97 Å². The molecule has 0 aromatic carbocycles. The maximum absolute atomic E-state index is 12.6. The number of rotatable bonds is 1. The molecule has 0 bridgehead atoms. The number of carbonyl (C=O) groups excluding carboxylic acids is 1. The highest BCUT2D eigenvalue weighted by Crippen LogP contribution is 2.03. The van der Waals surface area contributed by atoms with E-state index in [4.69, 9.17) is 0 Å². The highest BCUT2D eigenvalue weighted by atomic mass is 19.1. The van der Waals surface area contributed by atoms with Gasteiger partial charge < -0.3 is 4.74 Å². The van der Waals surface area contributed by atoms with Gasteiger partial charge in [0.15, 0.2) is 0 Å². The number of hydrogen-bond acceptors (Lipinski definition) is 3. The third-order valence-corrected chi connectivity index (χ3v) is 1.74. The number of nitrogens with zero attached hydrogens (tertiary/aromatic N) is 1. The summed E-state index contributed by atoms with van der Waals surface area (Å²) in [7, 11) is 1.30. The van der Waals surface area contributed by atoms with Crippen LogP contribution in [0.1, 0.15) is 17.7 Å². The summed E-state index contributed by atoms with van der Waals surface area (Å²) in [4.78, 5) is 14.3. The molecule has 0 unspecified atom stereocenters. The van der Waals surface area contributed by atoms with Crippen molar-refractivity contribution in [3.63, 3.8) is 0 Å². The number of aryl methyl sites for hydroxylation is 1. The van der Waals surface area contributed by atoms with E-state index in [1.54, 1.807) is 6.92 Å². The van der Waals surface area contributed by atoms with Crippen LogP contribution < -0.4 is 0 Å². The van der Waals surface area contributed by atoms with Crippen molar-refractivity contribution in [2.45, 2.75) is 13.3 Å². The Morgan fingerprint density at radius 2 is 2.33 bits per heavy atom. The molecule has 0 aliphatic rings. The van der Waals surface area contributed by atoms with Gasteiger partial charge >= 0.3 is 5.97 Å². The fraction of sp³-hybridized carbons (Fsp3) is 0.273. The molecule has 1 aromatic heterocycles. The molecule has 0 amide bonds. The Bertz CT molecular complexity index is 432. The van der Waals surface area contributed by atoms with Gasteiger partial charge in [-0.05, 0) is 19.1 Å². The van der Waals surface area contributed by atoms with Crippen LogP contribution in [0.4, 0.5) is 4.39 Å². The fourth-order valence-corrected chi connectivity index (χ4v) is 0.946. The van der Waals surface area contributed by atoms with Crippen molar-refractivity contribution in [3.8, 4) is 11.8 Å². The van der Waals surface area contributed by atoms with Crippen molar-refractivity contribution in [3.05, 3.63) is 29.3 Å². The molecule has 0 fully saturated rings. The molecular formula is C11H10FNO2. The SMILES string of the molecule is COC(=O)CC#Cc1ccc(F)nc1C. The number of esters is 1. The molecule has 0 atom stereocenters. The highest BCUT2D eigenvalue weighted by Gasteiger charge is 1.98. The average Bonchev–Trinajstić information content (AvgIpc) is 2.21. The third kappa shape index (κ3) is 3.39. The van der Waals surface area contributed by atoms with Gasteiger partial charge in [-0.2, -0.15) is 4.39 Å². The van der Waals surface area contributed by atoms with Gasteiger partial charge in [0, 0.05) is 5.56 Å². The maximum atomic E-state index is 12.6. The third-order valence-electron chi connectivity index (χ3n) is 1.74. The summed E-state index contributed by atoms with van der Waals surface area (Å²) in [6.07, 6.45) is 0.0211. The summed E-state index contributed by atoms with van der Waals surface area (Å²) in [6.45, 7) is 1.66. The first kappa shape index (κ1) is 11.2. The molecule has 1 rings (SSSR count). The second-order valence-electron chi connectivity index (χ2n) is 2.82. The van der Waals surface area contributed by atoms with Crippen LogP contribution in [0.15, 0.2) is 12.1 Å². The lowest BCUT2D eigenvalue weighted by Crippen LogP contribution is -1.97. The molecule has 0 aliphatic heterocycles. The topological polar surface area (TPSA) is 39.2 Å². The van der Waals surface area contributed by atoms with E-state index in [-0.39, 0.29) is 6.42 Å². The first-order chi connectivity index (χ1) is 7.13. The largest absolute Gasteiger partial charge is 0.468 e. The van der Waals surface area contributed by atoms with E-state index in [1.165, 1.54) is 19.2 Å². The molecule has 78 valence electrons. The van der Waals surface area contributed by atoms with Crippen LogP contribution in [0, 0.1) is 24.7 Å². The molecule has 0 saturated heterocycles. The summed E-state index contributed by atoms with van der Waals surface area (Å²) < 4.78 is 17.0. The monoisotopic (exact) mass is 207 g/mol. The van der Waals surface area contributed by atoms with E-state index >= 15 is 0 Å². The molecular weight excluding hydrogens is 197 g/mol. The van der Waals surface area contributed by atoms with Crippen molar-refractivity contribution in [1.29, 1.82) is 0 Å². The number of pyridine rings is 1. The molecule has 4 heteroatoms. The molecule has 0 radical (unpaired) electrons. The summed E-state index contributed by atoms with van der Waals surface area (Å²) in [5, 5.41) is 0. The normalized spacial score (nSPS) is 9.00. The predicted octanol–water partition coefficient (Wildman–Crippen LogP) is 1.44. The number of aromatic nitrogens is 1. The van der Waals surface area contributed by atoms with Gasteiger partial charge in [0.25, 0.3) is 0 Å². The van der Waals surface area contributed by atoms with E-state index in [0.29, 0.717) is 11.3 Å². The molecule has 0 saturated carbocycles. The summed E-state index contributed by atoms with van der Waals surface area (Å²) in [5.41, 5.74) is 1.12. The number of methoxy groups -OCH3 is 1. The van der Waals surface area contributed by atoms with Crippen LogP contribution >= 0.6 is 0 Å². The van der Waals surface area contributed by atoms with E-state index < -0.39 is 11.9 Å². The number of hydrogen-bond donors (Lipinski definition) is 0. The molecule has 15 heavy (non-hydrogen) atoms. The minimum atomic E-state index is -0.536. The van der Waals surface area contributed by atoms with Gasteiger partial charge in [-0.1, -0.05) is 11.8 Å². The van der Waals surface area contributed by atoms with Crippen molar-refractivity contribution < 1.29 is 13.9 Å². The van der Waals surface area contributed by atoms with Gasteiger partial charge in [0.05, 0.1) is 12.8 Å². The minimum absolute atomic E-state index is 0.0211. The number of ether oxygens (including phenoxy) is 1. The Morgan fingerprint density at radius 1 is 1.60 bits per heavy atom. The Kier molecular flexibility index (Phi) is 3.81. The predicted molar refractivity (Wildman–Crippen MR) is 52.4 cm³/mol. The Hall–Kier alpha value is -1.89. The van der Waals surface area contributed by atoms with E-state index in [2.05, 4.69) is 21.6 Å². The second kappa shape index (κ2) is 5.11. The maximum Gasteiger partial charge on any atom is 0.317 e. The molecule has 3 nitrogen and oxygen atoms in total. The molecule has 1 heterocycles. The van der Waals surface area contributed by atoms with Gasteiger partial charge in [-0.25, -0.2) is 4.98 Å². The lowest BCUT2D eigenvalue weighted by atomic mass is 10.2. The van der Waals surface area contributed by atoms with Gasteiger partial charge in [0.1, 0.15) is 6.42 Å². The van der Waals surface area contributed by atoms with Gasteiger partial charge in [-0.3, -0.25) is 4.79 Å². The van der Waals surface area contributed by atoms with Crippen molar-refractivity contribution in [1.82, 2.24) is 4.98 Å². The first-order valence-corrected chi connectivity index (χ1v) is 4.32. The quantitative estimate of drug-likeness (QED) is 0.397. The standard InChI is InChI=1S/C11H10FNO2/c1-8-9(6-7-10(12)13-8)4-3-5-11(14)15-2/h6-7H,5H2,1-2H3. The van der Waals surface area contributed by atoms with Crippen LogP contribution in [-0.4, -0.2) is 18.1 Å².